The zero-order chi connectivity index (χ0) is 21.8. The van der Waals surface area contributed by atoms with Gasteiger partial charge in [0.15, 0.2) is 11.0 Å². The molecule has 3 heterocycles. The zero-order valence-electron chi connectivity index (χ0n) is 17.1. The lowest BCUT2D eigenvalue weighted by atomic mass is 10.2. The van der Waals surface area contributed by atoms with Gasteiger partial charge in [-0.2, -0.15) is 0 Å². The average molecular weight is 435 g/mol. The fraction of sp³-hybridized carbons (Fsp3) is 0.227. The Bertz CT molecular complexity index is 1110. The van der Waals surface area contributed by atoms with Crippen molar-refractivity contribution >= 4 is 35.0 Å². The first-order chi connectivity index (χ1) is 15.1. The summed E-state index contributed by atoms with van der Waals surface area (Å²) in [5, 5.41) is 12.1. The van der Waals surface area contributed by atoms with Gasteiger partial charge in [0.05, 0.1) is 17.1 Å². The third kappa shape index (κ3) is 4.36. The molecule has 2 aromatic heterocycles. The number of fused-ring (bicyclic) bond motifs is 1. The lowest BCUT2D eigenvalue weighted by Crippen LogP contribution is -2.40. The zero-order valence-corrected chi connectivity index (χ0v) is 17.9. The van der Waals surface area contributed by atoms with E-state index in [1.165, 1.54) is 11.8 Å². The van der Waals surface area contributed by atoms with Crippen molar-refractivity contribution in [2.24, 2.45) is 0 Å². The van der Waals surface area contributed by atoms with Gasteiger partial charge in [-0.15, -0.1) is 16.8 Å². The van der Waals surface area contributed by atoms with E-state index in [1.807, 2.05) is 41.8 Å². The van der Waals surface area contributed by atoms with Gasteiger partial charge in [-0.3, -0.25) is 19.1 Å². The summed E-state index contributed by atoms with van der Waals surface area (Å²) in [6.45, 7) is 6.22. The second-order valence-corrected chi connectivity index (χ2v) is 8.05. The fourth-order valence-electron chi connectivity index (χ4n) is 3.57. The maximum Gasteiger partial charge on any atom is 0.237 e. The summed E-state index contributed by atoms with van der Waals surface area (Å²) in [7, 11) is 0. The molecule has 1 atom stereocenters. The number of benzene rings is 1. The monoisotopic (exact) mass is 434 g/mol. The molecule has 9 heteroatoms. The molecule has 0 radical (unpaired) electrons. The molecule has 1 aliphatic heterocycles. The lowest BCUT2D eigenvalue weighted by molar-refractivity contribution is -0.117. The van der Waals surface area contributed by atoms with Crippen LogP contribution in [-0.4, -0.2) is 43.4 Å². The Labute approximate surface area is 184 Å². The molecule has 0 fully saturated rings. The summed E-state index contributed by atoms with van der Waals surface area (Å²) >= 11 is 1.32. The average Bonchev–Trinajstić information content (AvgIpc) is 3.11. The Morgan fingerprint density at radius 1 is 1.26 bits per heavy atom. The number of carbonyl (C=O) groups excluding carboxylic acids is 2. The highest BCUT2D eigenvalue weighted by molar-refractivity contribution is 7.99. The number of hydrogen-bond donors (Lipinski definition) is 1. The summed E-state index contributed by atoms with van der Waals surface area (Å²) in [5.41, 5.74) is 2.24. The first-order valence-electron chi connectivity index (χ1n) is 9.86. The SMILES string of the molecule is C=CCn1c(SCC(=O)N2c3ccccc3NC(=O)CC2C)nnc1-c1ccncc1. The molecule has 0 spiro atoms. The first-order valence-corrected chi connectivity index (χ1v) is 10.8. The highest BCUT2D eigenvalue weighted by Gasteiger charge is 2.29. The van der Waals surface area contributed by atoms with E-state index in [-0.39, 0.29) is 30.0 Å². The molecular weight excluding hydrogens is 412 g/mol. The van der Waals surface area contributed by atoms with E-state index in [4.69, 9.17) is 0 Å². The highest BCUT2D eigenvalue weighted by atomic mass is 32.2. The normalized spacial score (nSPS) is 15.7. The van der Waals surface area contributed by atoms with E-state index in [9.17, 15) is 9.59 Å². The van der Waals surface area contributed by atoms with Crippen LogP contribution in [0.1, 0.15) is 13.3 Å². The molecule has 2 amide bonds. The molecule has 0 saturated carbocycles. The maximum absolute atomic E-state index is 13.2. The number of rotatable bonds is 6. The van der Waals surface area contributed by atoms with Crippen LogP contribution in [0.25, 0.3) is 11.4 Å². The van der Waals surface area contributed by atoms with Gasteiger partial charge in [-0.05, 0) is 31.2 Å². The number of pyridine rings is 1. The molecule has 158 valence electrons. The summed E-state index contributed by atoms with van der Waals surface area (Å²) in [6, 6.07) is 10.8. The van der Waals surface area contributed by atoms with Gasteiger partial charge in [0, 0.05) is 37.0 Å². The molecule has 0 saturated heterocycles. The van der Waals surface area contributed by atoms with Crippen LogP contribution in [0, 0.1) is 0 Å². The number of carbonyl (C=O) groups is 2. The van der Waals surface area contributed by atoms with Crippen molar-refractivity contribution in [3.05, 3.63) is 61.4 Å². The van der Waals surface area contributed by atoms with Crippen LogP contribution in [0.5, 0.6) is 0 Å². The molecule has 1 N–H and O–H groups in total. The topological polar surface area (TPSA) is 93.0 Å². The largest absolute Gasteiger partial charge is 0.324 e. The third-order valence-electron chi connectivity index (χ3n) is 4.92. The van der Waals surface area contributed by atoms with Crippen molar-refractivity contribution < 1.29 is 9.59 Å². The van der Waals surface area contributed by atoms with Gasteiger partial charge in [-0.1, -0.05) is 30.0 Å². The maximum atomic E-state index is 13.2. The van der Waals surface area contributed by atoms with Gasteiger partial charge in [0.1, 0.15) is 0 Å². The predicted octanol–water partition coefficient (Wildman–Crippen LogP) is 3.38. The second-order valence-electron chi connectivity index (χ2n) is 7.11. The summed E-state index contributed by atoms with van der Waals surface area (Å²) in [5.74, 6) is 0.662. The van der Waals surface area contributed by atoms with Crippen LogP contribution in [-0.2, 0) is 16.1 Å². The van der Waals surface area contributed by atoms with E-state index in [0.717, 1.165) is 5.56 Å². The Balaban J connectivity index is 1.57. The van der Waals surface area contributed by atoms with Crippen molar-refractivity contribution in [3.8, 4) is 11.4 Å². The second kappa shape index (κ2) is 9.13. The number of hydrogen-bond acceptors (Lipinski definition) is 6. The standard InChI is InChI=1S/C22H22N6O2S/c1-3-12-27-21(16-8-10-23-11-9-16)25-26-22(27)31-14-20(30)28-15(2)13-19(29)24-17-6-4-5-7-18(17)28/h3-11,15H,1,12-14H2,2H3,(H,24,29). The molecule has 1 aliphatic rings. The van der Waals surface area contributed by atoms with Crippen LogP contribution < -0.4 is 10.2 Å². The number of para-hydroxylation sites is 2. The molecular formula is C22H22N6O2S. The van der Waals surface area contributed by atoms with Crippen LogP contribution >= 0.6 is 11.8 Å². The Hall–Kier alpha value is -3.46. The van der Waals surface area contributed by atoms with Gasteiger partial charge in [0.25, 0.3) is 0 Å². The summed E-state index contributed by atoms with van der Waals surface area (Å²) in [6.07, 6.45) is 5.41. The van der Waals surface area contributed by atoms with Gasteiger partial charge >= 0.3 is 0 Å². The number of nitrogens with zero attached hydrogens (tertiary/aromatic N) is 5. The van der Waals surface area contributed by atoms with Crippen LogP contribution in [0.15, 0.2) is 66.6 Å². The van der Waals surface area contributed by atoms with E-state index in [1.54, 1.807) is 29.4 Å². The molecule has 3 aromatic rings. The van der Waals surface area contributed by atoms with E-state index in [2.05, 4.69) is 27.1 Å². The number of nitrogens with one attached hydrogen (secondary N) is 1. The van der Waals surface area contributed by atoms with Crippen molar-refractivity contribution in [3.63, 3.8) is 0 Å². The Kier molecular flexibility index (Phi) is 6.13. The lowest BCUT2D eigenvalue weighted by Gasteiger charge is -2.27. The molecule has 31 heavy (non-hydrogen) atoms. The summed E-state index contributed by atoms with van der Waals surface area (Å²) < 4.78 is 1.92. The van der Waals surface area contributed by atoms with E-state index >= 15 is 0 Å². The van der Waals surface area contributed by atoms with Gasteiger partial charge in [0.2, 0.25) is 11.8 Å². The number of thioether (sulfide) groups is 1. The van der Waals surface area contributed by atoms with Crippen molar-refractivity contribution in [1.82, 2.24) is 19.7 Å². The number of aromatic nitrogens is 4. The molecule has 4 rings (SSSR count). The van der Waals surface area contributed by atoms with Gasteiger partial charge in [-0.25, -0.2) is 0 Å². The Morgan fingerprint density at radius 3 is 2.81 bits per heavy atom. The van der Waals surface area contributed by atoms with Crippen LogP contribution in [0.2, 0.25) is 0 Å². The van der Waals surface area contributed by atoms with Crippen LogP contribution in [0.4, 0.5) is 11.4 Å². The number of amides is 2. The van der Waals surface area contributed by atoms with E-state index < -0.39 is 0 Å². The van der Waals surface area contributed by atoms with Gasteiger partial charge < -0.3 is 10.2 Å². The smallest absolute Gasteiger partial charge is 0.237 e. The third-order valence-corrected chi connectivity index (χ3v) is 5.87. The molecule has 1 unspecified atom stereocenters. The quantitative estimate of drug-likeness (QED) is 0.472. The number of allylic oxidation sites excluding steroid dienone is 1. The van der Waals surface area contributed by atoms with E-state index in [0.29, 0.717) is 28.9 Å². The fourth-order valence-corrected chi connectivity index (χ4v) is 4.37. The molecule has 0 aliphatic carbocycles. The Morgan fingerprint density at radius 2 is 2.03 bits per heavy atom. The molecule has 8 nitrogen and oxygen atoms in total. The first kappa shape index (κ1) is 20.8. The minimum absolute atomic E-state index is 0.0972. The molecule has 0 bridgehead atoms. The van der Waals surface area contributed by atoms with Crippen LogP contribution in [0.3, 0.4) is 0 Å². The van der Waals surface area contributed by atoms with Crippen molar-refractivity contribution in [1.29, 1.82) is 0 Å². The number of anilines is 2. The highest BCUT2D eigenvalue weighted by Crippen LogP contribution is 2.32. The summed E-state index contributed by atoms with van der Waals surface area (Å²) in [4.78, 5) is 31.1. The predicted molar refractivity (Wildman–Crippen MR) is 121 cm³/mol. The van der Waals surface area contributed by atoms with Crippen molar-refractivity contribution in [2.45, 2.75) is 31.1 Å². The minimum atomic E-state index is -0.254. The van der Waals surface area contributed by atoms with Crippen molar-refractivity contribution in [2.75, 3.05) is 16.0 Å². The minimum Gasteiger partial charge on any atom is -0.324 e. The molecule has 1 aromatic carbocycles.